The fourth-order valence-corrected chi connectivity index (χ4v) is 5.55. The van der Waals surface area contributed by atoms with E-state index in [-0.39, 0.29) is 0 Å². The van der Waals surface area contributed by atoms with Crippen molar-refractivity contribution in [2.24, 2.45) is 0 Å². The number of carboxylic acid groups (broad SMARTS) is 2. The molecule has 3 rings (SSSR count). The van der Waals surface area contributed by atoms with E-state index in [0.29, 0.717) is 9.75 Å². The number of thiophene rings is 3. The van der Waals surface area contributed by atoms with Crippen molar-refractivity contribution in [1.82, 2.24) is 0 Å². The van der Waals surface area contributed by atoms with Gasteiger partial charge in [-0.25, -0.2) is 9.59 Å². The Morgan fingerprint density at radius 1 is 0.739 bits per heavy atom. The van der Waals surface area contributed by atoms with Gasteiger partial charge in [0.25, 0.3) is 0 Å². The van der Waals surface area contributed by atoms with Crippen LogP contribution in [0.3, 0.4) is 0 Å². The quantitative estimate of drug-likeness (QED) is 0.666. The lowest BCUT2D eigenvalue weighted by atomic mass is 10.1. The molecule has 0 atom stereocenters. The topological polar surface area (TPSA) is 74.6 Å². The van der Waals surface area contributed by atoms with Crippen LogP contribution in [0.5, 0.6) is 0 Å². The Bertz CT molecular complexity index is 841. The van der Waals surface area contributed by atoms with E-state index in [2.05, 4.69) is 0 Å². The van der Waals surface area contributed by atoms with Crippen LogP contribution >= 0.6 is 34.0 Å². The number of aromatic carboxylic acids is 2. The van der Waals surface area contributed by atoms with E-state index in [9.17, 15) is 9.59 Å². The second-order valence-electron chi connectivity index (χ2n) is 4.95. The molecule has 0 spiro atoms. The number of hydrogen-bond donors (Lipinski definition) is 2. The molecule has 0 amide bonds. The SMILES string of the molecule is Cc1c(-c2ccc(C(=O)O)s2)sc(-c2ccc(C(=O)O)s2)c1C. The summed E-state index contributed by atoms with van der Waals surface area (Å²) in [7, 11) is 0. The molecule has 0 radical (unpaired) electrons. The van der Waals surface area contributed by atoms with E-state index in [1.54, 1.807) is 23.5 Å². The minimum Gasteiger partial charge on any atom is -0.477 e. The van der Waals surface area contributed by atoms with Crippen LogP contribution in [0.15, 0.2) is 24.3 Å². The molecule has 0 aliphatic carbocycles. The van der Waals surface area contributed by atoms with E-state index in [1.807, 2.05) is 26.0 Å². The molecular weight excluding hydrogens is 352 g/mol. The van der Waals surface area contributed by atoms with Crippen LogP contribution in [-0.4, -0.2) is 22.2 Å². The first kappa shape index (κ1) is 15.9. The Balaban J connectivity index is 2.06. The van der Waals surface area contributed by atoms with Gasteiger partial charge in [-0.3, -0.25) is 0 Å². The van der Waals surface area contributed by atoms with E-state index >= 15 is 0 Å². The molecule has 3 aromatic rings. The van der Waals surface area contributed by atoms with Crippen LogP contribution in [0.4, 0.5) is 0 Å². The van der Waals surface area contributed by atoms with Crippen molar-refractivity contribution >= 4 is 45.9 Å². The van der Waals surface area contributed by atoms with E-state index in [1.165, 1.54) is 22.7 Å². The minimum absolute atomic E-state index is 0.316. The summed E-state index contributed by atoms with van der Waals surface area (Å²) in [4.78, 5) is 26.7. The van der Waals surface area contributed by atoms with Crippen molar-refractivity contribution in [3.05, 3.63) is 45.1 Å². The average Bonchev–Trinajstić information content (AvgIpc) is 3.19. The first-order chi connectivity index (χ1) is 10.9. The summed E-state index contributed by atoms with van der Waals surface area (Å²) in [6.45, 7) is 4.02. The van der Waals surface area contributed by atoms with Crippen LogP contribution < -0.4 is 0 Å². The third-order valence-corrected chi connectivity index (χ3v) is 7.43. The maximum absolute atomic E-state index is 11.1. The Morgan fingerprint density at radius 2 is 1.13 bits per heavy atom. The molecule has 0 saturated heterocycles. The Hall–Kier alpha value is -1.96. The van der Waals surface area contributed by atoms with Gasteiger partial charge in [-0.2, -0.15) is 0 Å². The van der Waals surface area contributed by atoms with Crippen LogP contribution in [0.25, 0.3) is 19.5 Å². The summed E-state index contributed by atoms with van der Waals surface area (Å²) in [5.41, 5.74) is 2.21. The lowest BCUT2D eigenvalue weighted by Crippen LogP contribution is -1.89. The first-order valence-electron chi connectivity index (χ1n) is 6.65. The molecule has 0 aromatic carbocycles. The number of carbonyl (C=O) groups is 2. The zero-order valence-corrected chi connectivity index (χ0v) is 14.7. The molecule has 23 heavy (non-hydrogen) atoms. The van der Waals surface area contributed by atoms with Crippen molar-refractivity contribution in [3.8, 4) is 19.5 Å². The third-order valence-electron chi connectivity index (χ3n) is 3.53. The van der Waals surface area contributed by atoms with Crippen molar-refractivity contribution in [3.63, 3.8) is 0 Å². The molecule has 0 fully saturated rings. The predicted octanol–water partition coefficient (Wildman–Crippen LogP) is 5.22. The molecule has 0 aliphatic heterocycles. The highest BCUT2D eigenvalue weighted by molar-refractivity contribution is 7.27. The van der Waals surface area contributed by atoms with Gasteiger partial charge in [0.1, 0.15) is 9.75 Å². The molecule has 7 heteroatoms. The van der Waals surface area contributed by atoms with Gasteiger partial charge < -0.3 is 10.2 Å². The molecule has 118 valence electrons. The number of hydrogen-bond acceptors (Lipinski definition) is 5. The van der Waals surface area contributed by atoms with Crippen molar-refractivity contribution in [2.45, 2.75) is 13.8 Å². The highest BCUT2D eigenvalue weighted by atomic mass is 32.1. The Morgan fingerprint density at radius 3 is 1.43 bits per heavy atom. The van der Waals surface area contributed by atoms with Gasteiger partial charge in [-0.15, -0.1) is 34.0 Å². The second kappa shape index (κ2) is 5.92. The number of carboxylic acids is 2. The first-order valence-corrected chi connectivity index (χ1v) is 9.10. The molecule has 0 bridgehead atoms. The standard InChI is InChI=1S/C16H12O4S3/c1-7-8(2)14(10-4-6-12(22-10)16(19)20)23-13(7)9-3-5-11(21-9)15(17)18/h3-6H,1-2H3,(H,17,18)(H,19,20). The molecule has 0 saturated carbocycles. The average molecular weight is 364 g/mol. The lowest BCUT2D eigenvalue weighted by Gasteiger charge is -1.95. The van der Waals surface area contributed by atoms with Crippen LogP contribution in [0.1, 0.15) is 30.5 Å². The van der Waals surface area contributed by atoms with Crippen molar-refractivity contribution in [2.75, 3.05) is 0 Å². The highest BCUT2D eigenvalue weighted by Crippen LogP contribution is 2.45. The van der Waals surface area contributed by atoms with E-state index in [4.69, 9.17) is 10.2 Å². The Labute approximate surface area is 144 Å². The van der Waals surface area contributed by atoms with Crippen LogP contribution in [-0.2, 0) is 0 Å². The van der Waals surface area contributed by atoms with Gasteiger partial charge in [0.15, 0.2) is 0 Å². The normalized spacial score (nSPS) is 10.9. The highest BCUT2D eigenvalue weighted by Gasteiger charge is 2.19. The monoisotopic (exact) mass is 364 g/mol. The summed E-state index contributed by atoms with van der Waals surface area (Å²) < 4.78 is 0. The zero-order valence-electron chi connectivity index (χ0n) is 12.2. The van der Waals surface area contributed by atoms with Gasteiger partial charge in [0.05, 0.1) is 0 Å². The second-order valence-corrected chi connectivity index (χ2v) is 8.14. The molecule has 4 nitrogen and oxygen atoms in total. The smallest absolute Gasteiger partial charge is 0.345 e. The maximum Gasteiger partial charge on any atom is 0.345 e. The zero-order chi connectivity index (χ0) is 16.7. The van der Waals surface area contributed by atoms with Crippen molar-refractivity contribution in [1.29, 1.82) is 0 Å². The van der Waals surface area contributed by atoms with Gasteiger partial charge in [-0.05, 0) is 49.2 Å². The molecule has 0 aliphatic rings. The Kier molecular flexibility index (Phi) is 4.09. The summed E-state index contributed by atoms with van der Waals surface area (Å²) in [5.74, 6) is -1.84. The summed E-state index contributed by atoms with van der Waals surface area (Å²) >= 11 is 4.09. The molecular formula is C16H12O4S3. The lowest BCUT2D eigenvalue weighted by molar-refractivity contribution is 0.0691. The third kappa shape index (κ3) is 2.83. The van der Waals surface area contributed by atoms with Gasteiger partial charge >= 0.3 is 11.9 Å². The van der Waals surface area contributed by atoms with Gasteiger partial charge in [0.2, 0.25) is 0 Å². The maximum atomic E-state index is 11.1. The van der Waals surface area contributed by atoms with Crippen molar-refractivity contribution < 1.29 is 19.8 Å². The fraction of sp³-hybridized carbons (Fsp3) is 0.125. The molecule has 0 unspecified atom stereocenters. The molecule has 2 N–H and O–H groups in total. The molecule has 3 aromatic heterocycles. The molecule has 3 heterocycles. The van der Waals surface area contributed by atoms with Crippen LogP contribution in [0, 0.1) is 13.8 Å². The summed E-state index contributed by atoms with van der Waals surface area (Å²) in [6.07, 6.45) is 0. The van der Waals surface area contributed by atoms with Gasteiger partial charge in [-0.1, -0.05) is 0 Å². The summed E-state index contributed by atoms with van der Waals surface area (Å²) in [6, 6.07) is 6.88. The largest absolute Gasteiger partial charge is 0.477 e. The number of rotatable bonds is 4. The van der Waals surface area contributed by atoms with E-state index < -0.39 is 11.9 Å². The summed E-state index contributed by atoms with van der Waals surface area (Å²) in [5, 5.41) is 18.1. The van der Waals surface area contributed by atoms with Gasteiger partial charge in [0, 0.05) is 19.5 Å². The fourth-order valence-electron chi connectivity index (χ4n) is 2.22. The minimum atomic E-state index is -0.920. The predicted molar refractivity (Wildman–Crippen MR) is 94.3 cm³/mol. The van der Waals surface area contributed by atoms with Crippen LogP contribution in [0.2, 0.25) is 0 Å². The van der Waals surface area contributed by atoms with E-state index in [0.717, 1.165) is 30.6 Å².